The summed E-state index contributed by atoms with van der Waals surface area (Å²) in [5.74, 6) is 0.00238. The number of nitro benzene ring substituents is 1. The van der Waals surface area contributed by atoms with Crippen molar-refractivity contribution in [3.05, 3.63) is 87.7 Å². The molecule has 0 saturated heterocycles. The highest BCUT2D eigenvalue weighted by molar-refractivity contribution is 5.82. The Morgan fingerprint density at radius 1 is 1.13 bits per heavy atom. The van der Waals surface area contributed by atoms with E-state index in [9.17, 15) is 28.1 Å². The van der Waals surface area contributed by atoms with Crippen LogP contribution in [0.3, 0.4) is 0 Å². The minimum absolute atomic E-state index is 0.0387. The van der Waals surface area contributed by atoms with Crippen molar-refractivity contribution >= 4 is 17.8 Å². The van der Waals surface area contributed by atoms with Gasteiger partial charge in [0.15, 0.2) is 0 Å². The van der Waals surface area contributed by atoms with Crippen molar-refractivity contribution in [3.63, 3.8) is 0 Å². The highest BCUT2D eigenvalue weighted by Gasteiger charge is 2.30. The summed E-state index contributed by atoms with van der Waals surface area (Å²) in [6, 6.07) is 13.2. The van der Waals surface area contributed by atoms with Crippen LogP contribution < -0.4 is 5.43 Å². The number of nitrogens with one attached hydrogen (secondary N) is 1. The third-order valence-electron chi connectivity index (χ3n) is 3.99. The average Bonchev–Trinajstić information content (AvgIpc) is 3.17. The lowest BCUT2D eigenvalue weighted by Gasteiger charge is -2.07. The minimum atomic E-state index is -4.46. The lowest BCUT2D eigenvalue weighted by molar-refractivity contribution is -0.384. The summed E-state index contributed by atoms with van der Waals surface area (Å²) in [7, 11) is 0. The standard InChI is InChI=1S/C20H14F3N3O4/c21-20(22,23)15-3-1-2-14(11-15)18-9-8-17(30-18)12-24-25-19(27)10-13-4-6-16(7-5-13)26(28)29/h1-9,11-12H,10H2,(H,25,27)/b24-12+. The molecule has 0 aliphatic rings. The van der Waals surface area contributed by atoms with E-state index in [-0.39, 0.29) is 29.2 Å². The number of rotatable bonds is 6. The van der Waals surface area contributed by atoms with Gasteiger partial charge in [0.2, 0.25) is 5.91 Å². The summed E-state index contributed by atoms with van der Waals surface area (Å²) in [5, 5.41) is 14.4. The van der Waals surface area contributed by atoms with Gasteiger partial charge in [0, 0.05) is 17.7 Å². The number of furan rings is 1. The van der Waals surface area contributed by atoms with Crippen molar-refractivity contribution in [1.82, 2.24) is 5.43 Å². The number of carbonyl (C=O) groups excluding carboxylic acids is 1. The zero-order chi connectivity index (χ0) is 21.7. The molecule has 10 heteroatoms. The average molecular weight is 417 g/mol. The fourth-order valence-electron chi connectivity index (χ4n) is 2.55. The zero-order valence-electron chi connectivity index (χ0n) is 15.2. The molecule has 0 radical (unpaired) electrons. The van der Waals surface area contributed by atoms with Crippen LogP contribution in [-0.4, -0.2) is 17.0 Å². The van der Waals surface area contributed by atoms with Gasteiger partial charge < -0.3 is 4.42 Å². The first-order valence-electron chi connectivity index (χ1n) is 8.55. The second kappa shape index (κ2) is 8.60. The van der Waals surface area contributed by atoms with Gasteiger partial charge in [0.1, 0.15) is 11.5 Å². The van der Waals surface area contributed by atoms with E-state index in [1.807, 2.05) is 0 Å². The van der Waals surface area contributed by atoms with Gasteiger partial charge in [0.05, 0.1) is 23.1 Å². The topological polar surface area (TPSA) is 97.7 Å². The molecule has 7 nitrogen and oxygen atoms in total. The molecule has 3 aromatic rings. The first-order valence-corrected chi connectivity index (χ1v) is 8.55. The van der Waals surface area contributed by atoms with Gasteiger partial charge in [-0.1, -0.05) is 24.3 Å². The molecule has 0 unspecified atom stereocenters. The van der Waals surface area contributed by atoms with Gasteiger partial charge in [-0.3, -0.25) is 14.9 Å². The predicted molar refractivity (Wildman–Crippen MR) is 102 cm³/mol. The fraction of sp³-hybridized carbons (Fsp3) is 0.100. The summed E-state index contributed by atoms with van der Waals surface area (Å²) in [6.07, 6.45) is -3.28. The van der Waals surface area contributed by atoms with Crippen LogP contribution in [0.5, 0.6) is 0 Å². The number of amides is 1. The molecular weight excluding hydrogens is 403 g/mol. The first kappa shape index (κ1) is 20.8. The van der Waals surface area contributed by atoms with Crippen LogP contribution in [0.1, 0.15) is 16.9 Å². The van der Waals surface area contributed by atoms with Crippen LogP contribution in [0, 0.1) is 10.1 Å². The van der Waals surface area contributed by atoms with Gasteiger partial charge in [-0.2, -0.15) is 18.3 Å². The molecule has 1 aromatic heterocycles. The van der Waals surface area contributed by atoms with E-state index in [4.69, 9.17) is 4.42 Å². The number of benzene rings is 2. The Kier molecular flexibility index (Phi) is 5.95. The molecule has 154 valence electrons. The maximum absolute atomic E-state index is 12.8. The molecule has 0 saturated carbocycles. The highest BCUT2D eigenvalue weighted by atomic mass is 19.4. The molecule has 0 bridgehead atoms. The number of non-ortho nitro benzene ring substituents is 1. The SMILES string of the molecule is O=C(Cc1ccc([N+](=O)[O-])cc1)N/N=C/c1ccc(-c2cccc(C(F)(F)F)c2)o1. The van der Waals surface area contributed by atoms with E-state index >= 15 is 0 Å². The smallest absolute Gasteiger partial charge is 0.416 e. The Bertz CT molecular complexity index is 1090. The quantitative estimate of drug-likeness (QED) is 0.361. The Balaban J connectivity index is 1.59. The Hall–Kier alpha value is -3.95. The molecule has 0 fully saturated rings. The van der Waals surface area contributed by atoms with Gasteiger partial charge in [-0.15, -0.1) is 0 Å². The number of carbonyl (C=O) groups is 1. The van der Waals surface area contributed by atoms with E-state index < -0.39 is 22.6 Å². The van der Waals surface area contributed by atoms with E-state index in [0.717, 1.165) is 12.1 Å². The summed E-state index contributed by atoms with van der Waals surface area (Å²) in [4.78, 5) is 22.0. The second-order valence-electron chi connectivity index (χ2n) is 6.17. The third-order valence-corrected chi connectivity index (χ3v) is 3.99. The maximum atomic E-state index is 12.8. The van der Waals surface area contributed by atoms with Crippen molar-refractivity contribution in [2.75, 3.05) is 0 Å². The van der Waals surface area contributed by atoms with E-state index in [2.05, 4.69) is 10.5 Å². The molecular formula is C20H14F3N3O4. The molecule has 1 amide bonds. The van der Waals surface area contributed by atoms with Gasteiger partial charge in [0.25, 0.3) is 5.69 Å². The van der Waals surface area contributed by atoms with Crippen molar-refractivity contribution in [1.29, 1.82) is 0 Å². The molecule has 0 aliphatic heterocycles. The van der Waals surface area contributed by atoms with E-state index in [1.165, 1.54) is 54.7 Å². The number of hydrogen-bond donors (Lipinski definition) is 1. The van der Waals surface area contributed by atoms with Crippen LogP contribution >= 0.6 is 0 Å². The summed E-state index contributed by atoms with van der Waals surface area (Å²) in [5.41, 5.74) is 2.24. The number of nitrogens with zero attached hydrogens (tertiary/aromatic N) is 2. The van der Waals surface area contributed by atoms with E-state index in [0.29, 0.717) is 5.56 Å². The molecule has 1 heterocycles. The third kappa shape index (κ3) is 5.31. The van der Waals surface area contributed by atoms with Gasteiger partial charge in [-0.25, -0.2) is 5.43 Å². The number of hydrazone groups is 1. The number of halogens is 3. The van der Waals surface area contributed by atoms with Gasteiger partial charge >= 0.3 is 6.18 Å². The van der Waals surface area contributed by atoms with Crippen LogP contribution in [0.25, 0.3) is 11.3 Å². The maximum Gasteiger partial charge on any atom is 0.416 e. The fourth-order valence-corrected chi connectivity index (χ4v) is 2.55. The van der Waals surface area contributed by atoms with Crippen LogP contribution in [0.4, 0.5) is 18.9 Å². The number of alkyl halides is 3. The summed E-state index contributed by atoms with van der Waals surface area (Å²) >= 11 is 0. The molecule has 0 aliphatic carbocycles. The Morgan fingerprint density at radius 3 is 2.53 bits per heavy atom. The van der Waals surface area contributed by atoms with Crippen LogP contribution in [-0.2, 0) is 17.4 Å². The largest absolute Gasteiger partial charge is 0.455 e. The molecule has 0 spiro atoms. The Labute approximate surface area is 168 Å². The van der Waals surface area contributed by atoms with Crippen LogP contribution in [0.15, 0.2) is 70.2 Å². The first-order chi connectivity index (χ1) is 14.2. The lowest BCUT2D eigenvalue weighted by Crippen LogP contribution is -2.19. The van der Waals surface area contributed by atoms with Crippen molar-refractivity contribution < 1.29 is 27.3 Å². The van der Waals surface area contributed by atoms with Gasteiger partial charge in [-0.05, 0) is 29.8 Å². The number of nitro groups is 1. The van der Waals surface area contributed by atoms with Crippen molar-refractivity contribution in [2.24, 2.45) is 5.10 Å². The second-order valence-corrected chi connectivity index (χ2v) is 6.17. The normalized spacial score (nSPS) is 11.6. The van der Waals surface area contributed by atoms with Crippen molar-refractivity contribution in [2.45, 2.75) is 12.6 Å². The molecule has 30 heavy (non-hydrogen) atoms. The monoisotopic (exact) mass is 417 g/mol. The van der Waals surface area contributed by atoms with E-state index in [1.54, 1.807) is 0 Å². The summed E-state index contributed by atoms with van der Waals surface area (Å²) in [6.45, 7) is 0. The van der Waals surface area contributed by atoms with Crippen LogP contribution in [0.2, 0.25) is 0 Å². The molecule has 1 N–H and O–H groups in total. The minimum Gasteiger partial charge on any atom is -0.455 e. The number of hydrogen-bond acceptors (Lipinski definition) is 5. The Morgan fingerprint density at radius 2 is 1.87 bits per heavy atom. The molecule has 3 rings (SSSR count). The lowest BCUT2D eigenvalue weighted by atomic mass is 10.1. The van der Waals surface area contributed by atoms with Crippen molar-refractivity contribution in [3.8, 4) is 11.3 Å². The molecule has 2 aromatic carbocycles. The molecule has 0 atom stereocenters. The highest BCUT2D eigenvalue weighted by Crippen LogP contribution is 2.32. The summed E-state index contributed by atoms with van der Waals surface area (Å²) < 4.78 is 43.9. The zero-order valence-corrected chi connectivity index (χ0v) is 15.2. The predicted octanol–water partition coefficient (Wildman–Crippen LogP) is 4.57.